The van der Waals surface area contributed by atoms with Crippen molar-refractivity contribution in [2.24, 2.45) is 7.05 Å². The maximum Gasteiger partial charge on any atom is 0.269 e. The lowest BCUT2D eigenvalue weighted by atomic mass is 10.2. The number of aryl methyl sites for hydroxylation is 2. The first-order valence-corrected chi connectivity index (χ1v) is 7.67. The molecule has 2 N–H and O–H groups in total. The van der Waals surface area contributed by atoms with Crippen LogP contribution < -0.4 is 10.6 Å². The van der Waals surface area contributed by atoms with Crippen molar-refractivity contribution in [1.82, 2.24) is 15.1 Å². The van der Waals surface area contributed by atoms with E-state index in [1.165, 1.54) is 0 Å². The van der Waals surface area contributed by atoms with Gasteiger partial charge in [-0.15, -0.1) is 0 Å². The van der Waals surface area contributed by atoms with Crippen LogP contribution in [0, 0.1) is 6.92 Å². The molecule has 0 atom stereocenters. The van der Waals surface area contributed by atoms with Crippen molar-refractivity contribution in [3.05, 3.63) is 47.3 Å². The minimum Gasteiger partial charge on any atom is -0.347 e. The number of carbonyl (C=O) groups is 2. The van der Waals surface area contributed by atoms with Crippen molar-refractivity contribution in [3.8, 4) is 0 Å². The summed E-state index contributed by atoms with van der Waals surface area (Å²) in [5.74, 6) is -0.145. The minimum absolute atomic E-state index is 0.0140. The van der Waals surface area contributed by atoms with E-state index in [1.54, 1.807) is 17.8 Å². The molecule has 2 rings (SSSR count). The van der Waals surface area contributed by atoms with Crippen molar-refractivity contribution in [2.45, 2.75) is 33.2 Å². The Bertz CT molecular complexity index is 689. The second-order valence-corrected chi connectivity index (χ2v) is 5.47. The SMILES string of the molecule is CCCC(=O)Nc1ccc(CNC(=O)c2cc(C)nn2C)cc1. The average Bonchev–Trinajstić information content (AvgIpc) is 2.85. The van der Waals surface area contributed by atoms with Crippen LogP contribution in [0.2, 0.25) is 0 Å². The van der Waals surface area contributed by atoms with Gasteiger partial charge in [-0.05, 0) is 37.1 Å². The molecule has 0 spiro atoms. The predicted octanol–water partition coefficient (Wildman–Crippen LogP) is 2.40. The van der Waals surface area contributed by atoms with Crippen LogP contribution in [-0.4, -0.2) is 21.6 Å². The third-order valence-electron chi connectivity index (χ3n) is 3.40. The Kier molecular flexibility index (Phi) is 5.51. The molecule has 0 aliphatic rings. The molecular weight excluding hydrogens is 292 g/mol. The fourth-order valence-corrected chi connectivity index (χ4v) is 2.25. The summed E-state index contributed by atoms with van der Waals surface area (Å²) in [4.78, 5) is 23.6. The standard InChI is InChI=1S/C17H22N4O2/c1-4-5-16(22)19-14-8-6-13(7-9-14)11-18-17(23)15-10-12(2)20-21(15)3/h6-10H,4-5,11H2,1-3H3,(H,18,23)(H,19,22). The first-order chi connectivity index (χ1) is 11.0. The Morgan fingerprint density at radius 3 is 2.48 bits per heavy atom. The number of hydrogen-bond acceptors (Lipinski definition) is 3. The molecule has 23 heavy (non-hydrogen) atoms. The van der Waals surface area contributed by atoms with Gasteiger partial charge >= 0.3 is 0 Å². The minimum atomic E-state index is -0.159. The smallest absolute Gasteiger partial charge is 0.269 e. The normalized spacial score (nSPS) is 10.4. The first-order valence-electron chi connectivity index (χ1n) is 7.67. The highest BCUT2D eigenvalue weighted by atomic mass is 16.2. The van der Waals surface area contributed by atoms with Crippen LogP contribution in [0.1, 0.15) is 41.5 Å². The van der Waals surface area contributed by atoms with E-state index >= 15 is 0 Å². The summed E-state index contributed by atoms with van der Waals surface area (Å²) in [5.41, 5.74) is 3.07. The number of aromatic nitrogens is 2. The molecule has 2 aromatic rings. The molecule has 122 valence electrons. The second kappa shape index (κ2) is 7.58. The molecule has 0 bridgehead atoms. The number of carbonyl (C=O) groups excluding carboxylic acids is 2. The monoisotopic (exact) mass is 314 g/mol. The zero-order valence-corrected chi connectivity index (χ0v) is 13.7. The van der Waals surface area contributed by atoms with E-state index in [-0.39, 0.29) is 11.8 Å². The highest BCUT2D eigenvalue weighted by molar-refractivity contribution is 5.92. The molecule has 0 aliphatic heterocycles. The fraction of sp³-hybridized carbons (Fsp3) is 0.353. The summed E-state index contributed by atoms with van der Waals surface area (Å²) >= 11 is 0. The Hall–Kier alpha value is -2.63. The second-order valence-electron chi connectivity index (χ2n) is 5.47. The number of hydrogen-bond donors (Lipinski definition) is 2. The molecule has 1 aromatic heterocycles. The molecule has 0 saturated carbocycles. The van der Waals surface area contributed by atoms with Gasteiger partial charge in [0.25, 0.3) is 5.91 Å². The van der Waals surface area contributed by atoms with E-state index in [9.17, 15) is 9.59 Å². The third-order valence-corrected chi connectivity index (χ3v) is 3.40. The first kappa shape index (κ1) is 16.7. The van der Waals surface area contributed by atoms with Crippen LogP contribution in [0.4, 0.5) is 5.69 Å². The molecular formula is C17H22N4O2. The van der Waals surface area contributed by atoms with Crippen molar-refractivity contribution in [3.63, 3.8) is 0 Å². The van der Waals surface area contributed by atoms with Gasteiger partial charge in [-0.1, -0.05) is 19.1 Å². The summed E-state index contributed by atoms with van der Waals surface area (Å²) < 4.78 is 1.57. The lowest BCUT2D eigenvalue weighted by Gasteiger charge is -2.08. The Labute approximate surface area is 135 Å². The summed E-state index contributed by atoms with van der Waals surface area (Å²) in [6.07, 6.45) is 1.34. The van der Waals surface area contributed by atoms with Gasteiger partial charge in [0.15, 0.2) is 0 Å². The van der Waals surface area contributed by atoms with Crippen LogP contribution in [0.15, 0.2) is 30.3 Å². The molecule has 0 unspecified atom stereocenters. The summed E-state index contributed by atoms with van der Waals surface area (Å²) in [6, 6.07) is 9.20. The van der Waals surface area contributed by atoms with Gasteiger partial charge in [-0.2, -0.15) is 5.10 Å². The largest absolute Gasteiger partial charge is 0.347 e. The van der Waals surface area contributed by atoms with E-state index in [4.69, 9.17) is 0 Å². The van der Waals surface area contributed by atoms with E-state index in [2.05, 4.69) is 15.7 Å². The van der Waals surface area contributed by atoms with Gasteiger partial charge in [0, 0.05) is 25.7 Å². The number of rotatable bonds is 6. The quantitative estimate of drug-likeness (QED) is 0.859. The Morgan fingerprint density at radius 2 is 1.91 bits per heavy atom. The van der Waals surface area contributed by atoms with Crippen molar-refractivity contribution in [2.75, 3.05) is 5.32 Å². The maximum atomic E-state index is 12.1. The lowest BCUT2D eigenvalue weighted by molar-refractivity contribution is -0.116. The van der Waals surface area contributed by atoms with Crippen LogP contribution in [-0.2, 0) is 18.4 Å². The zero-order chi connectivity index (χ0) is 16.8. The van der Waals surface area contributed by atoms with E-state index in [1.807, 2.05) is 38.1 Å². The molecule has 2 amide bonds. The molecule has 0 radical (unpaired) electrons. The van der Waals surface area contributed by atoms with Crippen molar-refractivity contribution >= 4 is 17.5 Å². The number of nitrogens with one attached hydrogen (secondary N) is 2. The van der Waals surface area contributed by atoms with E-state index in [0.717, 1.165) is 23.4 Å². The number of nitrogens with zero attached hydrogens (tertiary/aromatic N) is 2. The van der Waals surface area contributed by atoms with Crippen LogP contribution >= 0.6 is 0 Å². The molecule has 6 nitrogen and oxygen atoms in total. The Balaban J connectivity index is 1.90. The number of anilines is 1. The lowest BCUT2D eigenvalue weighted by Crippen LogP contribution is -2.25. The summed E-state index contributed by atoms with van der Waals surface area (Å²) in [6.45, 7) is 4.24. The van der Waals surface area contributed by atoms with Gasteiger partial charge in [0.05, 0.1) is 5.69 Å². The van der Waals surface area contributed by atoms with Gasteiger partial charge < -0.3 is 10.6 Å². The van der Waals surface area contributed by atoms with Crippen molar-refractivity contribution < 1.29 is 9.59 Å². The molecule has 0 aliphatic carbocycles. The highest BCUT2D eigenvalue weighted by Crippen LogP contribution is 2.10. The molecule has 6 heteroatoms. The summed E-state index contributed by atoms with van der Waals surface area (Å²) in [7, 11) is 1.75. The zero-order valence-electron chi connectivity index (χ0n) is 13.7. The van der Waals surface area contributed by atoms with E-state index < -0.39 is 0 Å². The molecule has 1 aromatic carbocycles. The fourth-order valence-electron chi connectivity index (χ4n) is 2.25. The number of benzene rings is 1. The summed E-state index contributed by atoms with van der Waals surface area (Å²) in [5, 5.41) is 9.85. The third kappa shape index (κ3) is 4.67. The maximum absolute atomic E-state index is 12.1. The van der Waals surface area contributed by atoms with Crippen LogP contribution in [0.5, 0.6) is 0 Å². The molecule has 0 fully saturated rings. The molecule has 0 saturated heterocycles. The Morgan fingerprint density at radius 1 is 1.22 bits per heavy atom. The van der Waals surface area contributed by atoms with E-state index in [0.29, 0.717) is 18.7 Å². The van der Waals surface area contributed by atoms with Crippen LogP contribution in [0.25, 0.3) is 0 Å². The highest BCUT2D eigenvalue weighted by Gasteiger charge is 2.11. The predicted molar refractivity (Wildman–Crippen MR) is 89.1 cm³/mol. The average molecular weight is 314 g/mol. The van der Waals surface area contributed by atoms with Gasteiger partial charge in [-0.25, -0.2) is 0 Å². The topological polar surface area (TPSA) is 76.0 Å². The van der Waals surface area contributed by atoms with Gasteiger partial charge in [-0.3, -0.25) is 14.3 Å². The van der Waals surface area contributed by atoms with Crippen molar-refractivity contribution in [1.29, 1.82) is 0 Å². The van der Waals surface area contributed by atoms with Gasteiger partial charge in [0.2, 0.25) is 5.91 Å². The number of amides is 2. The van der Waals surface area contributed by atoms with Crippen LogP contribution in [0.3, 0.4) is 0 Å². The molecule has 1 heterocycles. The van der Waals surface area contributed by atoms with Gasteiger partial charge in [0.1, 0.15) is 5.69 Å².